The van der Waals surface area contributed by atoms with Gasteiger partial charge in [0.1, 0.15) is 12.6 Å². The average molecular weight is 615 g/mol. The summed E-state index contributed by atoms with van der Waals surface area (Å²) in [6.07, 6.45) is 0.374. The molecule has 3 aromatic rings. The molecule has 0 saturated heterocycles. The molecule has 3 rings (SSSR count). The number of anilines is 1. The standard InChI is InChI=1S/C30H36BrN3O4S/c1-6-28(30(36)32-21(2)3)33(19-24-10-8-7-9-23(24)5)29(35)20-34(26-15-13-25(31)14-16-26)39(37,38)27-17-11-22(4)12-18-27/h7-18,21,28H,6,19-20H2,1-5H3,(H,32,36)/t28-/m0/s1. The highest BCUT2D eigenvalue weighted by atomic mass is 79.9. The first-order chi connectivity index (χ1) is 18.4. The first-order valence-corrected chi connectivity index (χ1v) is 15.2. The van der Waals surface area contributed by atoms with Crippen molar-refractivity contribution in [3.8, 4) is 0 Å². The number of aryl methyl sites for hydroxylation is 2. The maximum Gasteiger partial charge on any atom is 0.264 e. The number of hydrogen-bond acceptors (Lipinski definition) is 4. The van der Waals surface area contributed by atoms with Crippen LogP contribution in [0.15, 0.2) is 82.2 Å². The normalized spacial score (nSPS) is 12.2. The molecule has 1 N–H and O–H groups in total. The van der Waals surface area contributed by atoms with Gasteiger partial charge in [0, 0.05) is 17.1 Å². The summed E-state index contributed by atoms with van der Waals surface area (Å²) in [5.41, 5.74) is 3.14. The third kappa shape index (κ3) is 7.70. The van der Waals surface area contributed by atoms with Gasteiger partial charge < -0.3 is 10.2 Å². The Morgan fingerprint density at radius 2 is 1.54 bits per heavy atom. The minimum atomic E-state index is -4.10. The summed E-state index contributed by atoms with van der Waals surface area (Å²) in [5, 5.41) is 2.91. The number of rotatable bonds is 11. The molecule has 0 aliphatic rings. The van der Waals surface area contributed by atoms with Crippen molar-refractivity contribution in [3.05, 3.63) is 94.0 Å². The van der Waals surface area contributed by atoms with Gasteiger partial charge in [-0.15, -0.1) is 0 Å². The van der Waals surface area contributed by atoms with E-state index in [1.54, 1.807) is 36.4 Å². The Morgan fingerprint density at radius 1 is 0.923 bits per heavy atom. The molecule has 0 radical (unpaired) electrons. The van der Waals surface area contributed by atoms with E-state index in [1.165, 1.54) is 17.0 Å². The fourth-order valence-electron chi connectivity index (χ4n) is 4.24. The van der Waals surface area contributed by atoms with Crippen LogP contribution in [0.5, 0.6) is 0 Å². The molecule has 0 aliphatic heterocycles. The van der Waals surface area contributed by atoms with Gasteiger partial charge in [0.15, 0.2) is 0 Å². The van der Waals surface area contributed by atoms with Crippen LogP contribution in [0.3, 0.4) is 0 Å². The third-order valence-corrected chi connectivity index (χ3v) is 8.74. The van der Waals surface area contributed by atoms with Crippen molar-refractivity contribution in [3.63, 3.8) is 0 Å². The fourth-order valence-corrected chi connectivity index (χ4v) is 5.92. The van der Waals surface area contributed by atoms with E-state index in [-0.39, 0.29) is 23.4 Å². The van der Waals surface area contributed by atoms with E-state index in [1.807, 2.05) is 58.9 Å². The second-order valence-electron chi connectivity index (χ2n) is 9.84. The minimum absolute atomic E-state index is 0.0823. The van der Waals surface area contributed by atoms with E-state index in [0.717, 1.165) is 25.5 Å². The minimum Gasteiger partial charge on any atom is -0.352 e. The first-order valence-electron chi connectivity index (χ1n) is 12.9. The number of nitrogens with one attached hydrogen (secondary N) is 1. The summed E-state index contributed by atoms with van der Waals surface area (Å²) in [6, 6.07) is 20.1. The average Bonchev–Trinajstić information content (AvgIpc) is 2.88. The SMILES string of the molecule is CC[C@@H](C(=O)NC(C)C)N(Cc1ccccc1C)C(=O)CN(c1ccc(Br)cc1)S(=O)(=O)c1ccc(C)cc1. The molecule has 0 fully saturated rings. The molecular formula is C30H36BrN3O4S. The Kier molecular flexibility index (Phi) is 10.3. The smallest absolute Gasteiger partial charge is 0.264 e. The Labute approximate surface area is 240 Å². The quantitative estimate of drug-likeness (QED) is 0.305. The van der Waals surface area contributed by atoms with Crippen LogP contribution in [0, 0.1) is 13.8 Å². The second-order valence-corrected chi connectivity index (χ2v) is 12.6. The molecule has 2 amide bonds. The number of carbonyl (C=O) groups is 2. The number of hydrogen-bond donors (Lipinski definition) is 1. The number of sulfonamides is 1. The highest BCUT2D eigenvalue weighted by Crippen LogP contribution is 2.27. The molecular weight excluding hydrogens is 578 g/mol. The summed E-state index contributed by atoms with van der Waals surface area (Å²) in [4.78, 5) is 28.8. The van der Waals surface area contributed by atoms with Crippen molar-refractivity contribution in [2.24, 2.45) is 0 Å². The van der Waals surface area contributed by atoms with Gasteiger partial charge in [-0.05, 0) is 81.6 Å². The van der Waals surface area contributed by atoms with Gasteiger partial charge in [-0.3, -0.25) is 13.9 Å². The van der Waals surface area contributed by atoms with Crippen LogP contribution in [0.1, 0.15) is 43.9 Å². The van der Waals surface area contributed by atoms with Crippen LogP contribution in [-0.2, 0) is 26.2 Å². The monoisotopic (exact) mass is 613 g/mol. The van der Waals surface area contributed by atoms with E-state index in [4.69, 9.17) is 0 Å². The van der Waals surface area contributed by atoms with Gasteiger partial charge in [-0.25, -0.2) is 8.42 Å². The van der Waals surface area contributed by atoms with Gasteiger partial charge in [-0.1, -0.05) is 64.8 Å². The molecule has 0 saturated carbocycles. The summed E-state index contributed by atoms with van der Waals surface area (Å²) in [7, 11) is -4.10. The largest absolute Gasteiger partial charge is 0.352 e. The molecule has 0 spiro atoms. The van der Waals surface area contributed by atoms with Crippen LogP contribution in [-0.4, -0.2) is 43.8 Å². The number of nitrogens with zero attached hydrogens (tertiary/aromatic N) is 2. The second kappa shape index (κ2) is 13.3. The highest BCUT2D eigenvalue weighted by molar-refractivity contribution is 9.10. The Hall–Kier alpha value is -3.17. The molecule has 0 unspecified atom stereocenters. The zero-order chi connectivity index (χ0) is 28.7. The summed E-state index contributed by atoms with van der Waals surface area (Å²) >= 11 is 3.39. The Bertz CT molecular complexity index is 1390. The summed E-state index contributed by atoms with van der Waals surface area (Å²) < 4.78 is 29.7. The van der Waals surface area contributed by atoms with Gasteiger partial charge in [0.25, 0.3) is 10.0 Å². The van der Waals surface area contributed by atoms with E-state index >= 15 is 0 Å². The van der Waals surface area contributed by atoms with Crippen LogP contribution in [0.2, 0.25) is 0 Å². The molecule has 3 aromatic carbocycles. The highest BCUT2D eigenvalue weighted by Gasteiger charge is 2.34. The lowest BCUT2D eigenvalue weighted by Gasteiger charge is -2.34. The van der Waals surface area contributed by atoms with Crippen molar-refractivity contribution in [1.29, 1.82) is 0 Å². The lowest BCUT2D eigenvalue weighted by atomic mass is 10.1. The van der Waals surface area contributed by atoms with Crippen molar-refractivity contribution < 1.29 is 18.0 Å². The Morgan fingerprint density at radius 3 is 2.10 bits per heavy atom. The van der Waals surface area contributed by atoms with Crippen molar-refractivity contribution >= 4 is 43.5 Å². The zero-order valence-electron chi connectivity index (χ0n) is 23.0. The van der Waals surface area contributed by atoms with Crippen LogP contribution in [0.25, 0.3) is 0 Å². The van der Waals surface area contributed by atoms with E-state index in [9.17, 15) is 18.0 Å². The summed E-state index contributed by atoms with van der Waals surface area (Å²) in [5.74, 6) is -0.742. The number of halogens is 1. The van der Waals surface area contributed by atoms with Crippen molar-refractivity contribution in [2.75, 3.05) is 10.8 Å². The molecule has 0 bridgehead atoms. The molecule has 7 nitrogen and oxygen atoms in total. The number of benzene rings is 3. The molecule has 208 valence electrons. The molecule has 0 heterocycles. The van der Waals surface area contributed by atoms with Crippen LogP contribution >= 0.6 is 15.9 Å². The van der Waals surface area contributed by atoms with E-state index in [2.05, 4.69) is 21.2 Å². The lowest BCUT2D eigenvalue weighted by molar-refractivity contribution is -0.140. The zero-order valence-corrected chi connectivity index (χ0v) is 25.4. The maximum atomic E-state index is 14.1. The number of carbonyl (C=O) groups excluding carboxylic acids is 2. The maximum absolute atomic E-state index is 14.1. The fraction of sp³-hybridized carbons (Fsp3) is 0.333. The van der Waals surface area contributed by atoms with E-state index in [0.29, 0.717) is 12.1 Å². The van der Waals surface area contributed by atoms with Gasteiger partial charge in [0.05, 0.1) is 10.6 Å². The first kappa shape index (κ1) is 30.4. The molecule has 39 heavy (non-hydrogen) atoms. The third-order valence-electron chi connectivity index (χ3n) is 6.42. The molecule has 9 heteroatoms. The van der Waals surface area contributed by atoms with Gasteiger partial charge in [0.2, 0.25) is 11.8 Å². The van der Waals surface area contributed by atoms with Gasteiger partial charge in [-0.2, -0.15) is 0 Å². The molecule has 0 aliphatic carbocycles. The van der Waals surface area contributed by atoms with Gasteiger partial charge >= 0.3 is 0 Å². The predicted molar refractivity (Wildman–Crippen MR) is 159 cm³/mol. The number of amides is 2. The lowest BCUT2D eigenvalue weighted by Crippen LogP contribution is -2.53. The van der Waals surface area contributed by atoms with Crippen LogP contribution in [0.4, 0.5) is 5.69 Å². The topological polar surface area (TPSA) is 86.8 Å². The predicted octanol–water partition coefficient (Wildman–Crippen LogP) is 5.59. The van der Waals surface area contributed by atoms with E-state index < -0.39 is 28.5 Å². The van der Waals surface area contributed by atoms with Crippen LogP contribution < -0.4 is 9.62 Å². The van der Waals surface area contributed by atoms with Crippen molar-refractivity contribution in [1.82, 2.24) is 10.2 Å². The molecule has 1 atom stereocenters. The molecule has 0 aromatic heterocycles. The van der Waals surface area contributed by atoms with Crippen molar-refractivity contribution in [2.45, 2.75) is 64.6 Å². The summed E-state index contributed by atoms with van der Waals surface area (Å²) in [6.45, 7) is 9.11. The Balaban J connectivity index is 2.07.